The Morgan fingerprint density at radius 2 is 0.952 bits per heavy atom. The molecule has 0 amide bonds. The summed E-state index contributed by atoms with van der Waals surface area (Å²) in [5.74, 6) is 0. The van der Waals surface area contributed by atoms with Crippen molar-refractivity contribution in [3.8, 4) is 11.1 Å². The van der Waals surface area contributed by atoms with Crippen LogP contribution in [0.15, 0.2) is 121 Å². The molecule has 0 nitrogen and oxygen atoms in total. The van der Waals surface area contributed by atoms with E-state index >= 15 is 0 Å². The molecular weight excluding hydrogens is 671 g/mol. The van der Waals surface area contributed by atoms with Crippen molar-refractivity contribution in [1.29, 1.82) is 0 Å². The monoisotopic (exact) mass is 718 g/mol. The predicted octanol–water partition coefficient (Wildman–Crippen LogP) is 11.3. The molecule has 0 unspecified atom stereocenters. The Kier molecular flexibility index (Phi) is 7.01. The van der Waals surface area contributed by atoms with Crippen molar-refractivity contribution in [2.24, 2.45) is 0 Å². The van der Waals surface area contributed by atoms with Gasteiger partial charge in [-0.1, -0.05) is 0 Å². The van der Waals surface area contributed by atoms with Crippen LogP contribution in [0, 0.1) is 0 Å². The first-order valence-electron chi connectivity index (χ1n) is 15.6. The van der Waals surface area contributed by atoms with E-state index in [9.17, 15) is 0 Å². The summed E-state index contributed by atoms with van der Waals surface area (Å²) in [6, 6.07) is 37.5. The van der Waals surface area contributed by atoms with Crippen LogP contribution in [0.1, 0.15) is 78.6 Å². The number of benzene rings is 4. The van der Waals surface area contributed by atoms with Crippen molar-refractivity contribution in [1.82, 2.24) is 0 Å². The SMILES string of the molecule is CC(C)(C)c1ccc2c(c1)[CH]([Hf]([CH3])([CH3])(=[C](c1ccccc1)c1ccccc1)[CH]1C=CC=C1)c1cc(C(C)(C)C)ccc1-2. The maximum atomic E-state index is 2.77. The molecule has 1 heteroatoms. The van der Waals surface area contributed by atoms with Crippen molar-refractivity contribution < 1.29 is 18.0 Å². The number of rotatable bonds is 4. The zero-order valence-corrected chi connectivity index (χ0v) is 30.3. The number of allylic oxidation sites excluding steroid dienone is 4. The summed E-state index contributed by atoms with van der Waals surface area (Å²) in [6.07, 6.45) is 9.66. The molecule has 0 heterocycles. The van der Waals surface area contributed by atoms with Crippen LogP contribution in [0.3, 0.4) is 0 Å². The Morgan fingerprint density at radius 3 is 1.33 bits per heavy atom. The standard InChI is InChI=1S/C21H25.C13H10.C5H5.2CH3.Hf/c1-20(2,3)16-7-9-18-14(12-16)11-15-13-17(21(4,5)6)8-10-19(15)18;1-3-7-12(8-4-1)11-13-9-5-2-6-10-13;1-2-4-5-3-1;;;/h7-13H,1-6H3;1-10H;1-5H;2*1H3;. The van der Waals surface area contributed by atoms with Crippen LogP contribution >= 0.6 is 0 Å². The zero-order valence-electron chi connectivity index (χ0n) is 26.7. The Hall–Kier alpha value is -2.90. The molecule has 0 spiro atoms. The first kappa shape index (κ1) is 29.2. The summed E-state index contributed by atoms with van der Waals surface area (Å²) in [5, 5.41) is 0. The van der Waals surface area contributed by atoms with E-state index in [4.69, 9.17) is 0 Å². The second-order valence-electron chi connectivity index (χ2n) is 15.5. The van der Waals surface area contributed by atoms with Gasteiger partial charge < -0.3 is 0 Å². The summed E-state index contributed by atoms with van der Waals surface area (Å²) >= 11 is -4.43. The summed E-state index contributed by atoms with van der Waals surface area (Å²) in [7, 11) is 0. The molecule has 0 saturated heterocycles. The molecule has 42 heavy (non-hydrogen) atoms. The zero-order chi connectivity index (χ0) is 29.9. The predicted molar refractivity (Wildman–Crippen MR) is 181 cm³/mol. The van der Waals surface area contributed by atoms with Gasteiger partial charge in [0.25, 0.3) is 0 Å². The first-order chi connectivity index (χ1) is 19.8. The molecule has 0 saturated carbocycles. The van der Waals surface area contributed by atoms with Gasteiger partial charge in [-0.3, -0.25) is 0 Å². The van der Waals surface area contributed by atoms with Gasteiger partial charge in [0.15, 0.2) is 0 Å². The van der Waals surface area contributed by atoms with Crippen LogP contribution in [0.4, 0.5) is 0 Å². The molecule has 2 aliphatic rings. The third-order valence-corrected chi connectivity index (χ3v) is 35.4. The van der Waals surface area contributed by atoms with Gasteiger partial charge in [0, 0.05) is 0 Å². The summed E-state index contributed by atoms with van der Waals surface area (Å²) in [6.45, 7) is 14.1. The van der Waals surface area contributed by atoms with Crippen LogP contribution in [-0.2, 0) is 28.8 Å². The van der Waals surface area contributed by atoms with Crippen LogP contribution in [-0.4, -0.2) is 3.26 Å². The normalized spacial score (nSPS) is 15.6. The molecule has 2 aliphatic carbocycles. The van der Waals surface area contributed by atoms with E-state index < -0.39 is 18.0 Å². The molecule has 0 aliphatic heterocycles. The first-order valence-corrected chi connectivity index (χ1v) is 28.7. The molecule has 214 valence electrons. The van der Waals surface area contributed by atoms with Gasteiger partial charge in [-0.2, -0.15) is 0 Å². The van der Waals surface area contributed by atoms with Gasteiger partial charge in [-0.05, 0) is 0 Å². The molecule has 6 rings (SSSR count). The van der Waals surface area contributed by atoms with Crippen molar-refractivity contribution in [2.45, 2.75) is 69.1 Å². The van der Waals surface area contributed by atoms with Crippen LogP contribution < -0.4 is 0 Å². The van der Waals surface area contributed by atoms with Crippen molar-refractivity contribution in [3.63, 3.8) is 0 Å². The van der Waals surface area contributed by atoms with Gasteiger partial charge >= 0.3 is 256 Å². The number of hydrogen-bond acceptors (Lipinski definition) is 0. The second kappa shape index (κ2) is 10.1. The fourth-order valence-electron chi connectivity index (χ4n) is 7.97. The van der Waals surface area contributed by atoms with E-state index in [1.165, 1.54) is 33.4 Å². The molecule has 4 aromatic rings. The topological polar surface area (TPSA) is 0 Å². The number of hydrogen-bond donors (Lipinski definition) is 0. The molecule has 0 aromatic heterocycles. The van der Waals surface area contributed by atoms with Crippen LogP contribution in [0.5, 0.6) is 0 Å². The van der Waals surface area contributed by atoms with E-state index in [2.05, 4.69) is 172 Å². The second-order valence-corrected chi connectivity index (χ2v) is 40.6. The molecule has 0 bridgehead atoms. The molecule has 0 radical (unpaired) electrons. The van der Waals surface area contributed by atoms with Gasteiger partial charge in [0.1, 0.15) is 0 Å². The van der Waals surface area contributed by atoms with E-state index in [-0.39, 0.29) is 10.8 Å². The van der Waals surface area contributed by atoms with Gasteiger partial charge in [-0.15, -0.1) is 0 Å². The summed E-state index contributed by atoms with van der Waals surface area (Å²) < 4.78 is 7.92. The van der Waals surface area contributed by atoms with E-state index in [1.807, 2.05) is 0 Å². The van der Waals surface area contributed by atoms with Gasteiger partial charge in [0.2, 0.25) is 0 Å². The molecule has 0 atom stereocenters. The maximum absolute atomic E-state index is 4.43. The Balaban J connectivity index is 1.84. The van der Waals surface area contributed by atoms with E-state index in [1.54, 1.807) is 14.4 Å². The summed E-state index contributed by atoms with van der Waals surface area (Å²) in [5.41, 5.74) is 11.7. The minimum absolute atomic E-state index is 0.0807. The third-order valence-electron chi connectivity index (χ3n) is 10.3. The Bertz CT molecular complexity index is 1660. The quantitative estimate of drug-likeness (QED) is 0.184. The molecule has 0 N–H and O–H groups in total. The van der Waals surface area contributed by atoms with Gasteiger partial charge in [0.05, 0.1) is 0 Å². The Labute approximate surface area is 254 Å². The fourth-order valence-corrected chi connectivity index (χ4v) is 33.0. The average molecular weight is 717 g/mol. The van der Waals surface area contributed by atoms with Crippen molar-refractivity contribution in [3.05, 3.63) is 155 Å². The molecule has 4 aromatic carbocycles. The van der Waals surface area contributed by atoms with E-state index in [0.717, 1.165) is 0 Å². The van der Waals surface area contributed by atoms with Crippen molar-refractivity contribution in [2.75, 3.05) is 0 Å². The Morgan fingerprint density at radius 1 is 0.548 bits per heavy atom. The van der Waals surface area contributed by atoms with Crippen LogP contribution in [0.25, 0.3) is 11.1 Å². The van der Waals surface area contributed by atoms with Gasteiger partial charge in [-0.25, -0.2) is 0 Å². The minimum atomic E-state index is -4.43. The molecular formula is C41H46Hf. The third kappa shape index (κ3) is 4.64. The summed E-state index contributed by atoms with van der Waals surface area (Å²) in [4.78, 5) is 0. The fraction of sp³-hybridized carbons (Fsp3) is 0.293. The van der Waals surface area contributed by atoms with Crippen molar-refractivity contribution >= 4 is 3.26 Å². The van der Waals surface area contributed by atoms with Crippen LogP contribution in [0.2, 0.25) is 13.0 Å². The van der Waals surface area contributed by atoms with E-state index in [0.29, 0.717) is 7.35 Å². The molecule has 0 fully saturated rings. The average Bonchev–Trinajstić information content (AvgIpc) is 3.61. The number of fused-ring (bicyclic) bond motifs is 3.